The number of carboxylic acid groups (broad SMARTS) is 1. The molecule has 0 saturated heterocycles. The number of nitrogens with one attached hydrogen (secondary N) is 2. The van der Waals surface area contributed by atoms with Crippen LogP contribution in [0, 0.1) is 15.9 Å². The monoisotopic (exact) mass is 503 g/mol. The summed E-state index contributed by atoms with van der Waals surface area (Å²) in [4.78, 5) is 59.6. The van der Waals surface area contributed by atoms with Crippen LogP contribution < -0.4 is 10.6 Å². The molecule has 2 rings (SSSR count). The van der Waals surface area contributed by atoms with Crippen molar-refractivity contribution in [3.8, 4) is 0 Å². The van der Waals surface area contributed by atoms with E-state index in [9.17, 15) is 38.8 Å². The van der Waals surface area contributed by atoms with Crippen molar-refractivity contribution in [1.82, 2.24) is 10.6 Å². The number of esters is 1. The molecular formula is C24H26FN3O8. The topological polar surface area (TPSA) is 165 Å². The molecule has 3 atom stereocenters. The number of non-ortho nitro benzene ring substituents is 1. The average Bonchev–Trinajstić information content (AvgIpc) is 2.82. The smallest absolute Gasteiger partial charge is 0.326 e. The van der Waals surface area contributed by atoms with Crippen molar-refractivity contribution in [3.63, 3.8) is 0 Å². The first-order valence-electron chi connectivity index (χ1n) is 11.0. The van der Waals surface area contributed by atoms with E-state index < -0.39 is 58.9 Å². The number of nitrogens with zero attached hydrogens (tertiary/aromatic N) is 1. The summed E-state index contributed by atoms with van der Waals surface area (Å²) in [5, 5.41) is 25.6. The maximum Gasteiger partial charge on any atom is 0.326 e. The van der Waals surface area contributed by atoms with Crippen LogP contribution in [0.1, 0.15) is 37.3 Å². The number of amides is 2. The highest BCUT2D eigenvalue weighted by Gasteiger charge is 2.35. The Morgan fingerprint density at radius 1 is 1.08 bits per heavy atom. The standard InChI is InChI=1S/C24H26FN3O8/c1-3-36-21(30)13-18(15-8-10-17(11-9-15)28(34)35)22(24(32)33)27-23(31)20(26-14(2)29)12-16-6-4-5-7-19(16)25/h4-11,18,20,22H,3,12-13H2,1-2H3,(H,26,29)(H,27,31)(H,32,33)/t18-,20+,22-/m1/s1. The molecule has 36 heavy (non-hydrogen) atoms. The summed E-state index contributed by atoms with van der Waals surface area (Å²) in [6.07, 6.45) is -0.717. The highest BCUT2D eigenvalue weighted by Crippen LogP contribution is 2.27. The third kappa shape index (κ3) is 7.86. The summed E-state index contributed by atoms with van der Waals surface area (Å²) in [6, 6.07) is 7.47. The molecule has 0 aliphatic heterocycles. The molecule has 0 heterocycles. The summed E-state index contributed by atoms with van der Waals surface area (Å²) in [5.74, 6) is -5.54. The van der Waals surface area contributed by atoms with E-state index in [1.54, 1.807) is 13.0 Å². The Bertz CT molecular complexity index is 1120. The van der Waals surface area contributed by atoms with Gasteiger partial charge in [-0.15, -0.1) is 0 Å². The van der Waals surface area contributed by atoms with Crippen LogP contribution in [-0.2, 0) is 30.3 Å². The van der Waals surface area contributed by atoms with E-state index in [-0.39, 0.29) is 29.8 Å². The maximum absolute atomic E-state index is 14.2. The van der Waals surface area contributed by atoms with Crippen LogP contribution in [0.5, 0.6) is 0 Å². The van der Waals surface area contributed by atoms with E-state index in [1.807, 2.05) is 0 Å². The molecule has 192 valence electrons. The number of halogens is 1. The fraction of sp³-hybridized carbons (Fsp3) is 0.333. The van der Waals surface area contributed by atoms with Gasteiger partial charge in [-0.3, -0.25) is 24.5 Å². The van der Waals surface area contributed by atoms with Crippen LogP contribution in [0.2, 0.25) is 0 Å². The van der Waals surface area contributed by atoms with Gasteiger partial charge in [0.25, 0.3) is 5.69 Å². The zero-order valence-electron chi connectivity index (χ0n) is 19.6. The molecular weight excluding hydrogens is 477 g/mol. The van der Waals surface area contributed by atoms with Crippen LogP contribution >= 0.6 is 0 Å². The molecule has 0 aliphatic carbocycles. The largest absolute Gasteiger partial charge is 0.480 e. The van der Waals surface area contributed by atoms with Crippen molar-refractivity contribution >= 4 is 29.4 Å². The summed E-state index contributed by atoms with van der Waals surface area (Å²) in [7, 11) is 0. The van der Waals surface area contributed by atoms with Gasteiger partial charge in [0.2, 0.25) is 11.8 Å². The molecule has 0 aliphatic rings. The highest BCUT2D eigenvalue weighted by molar-refractivity contribution is 5.91. The fourth-order valence-electron chi connectivity index (χ4n) is 3.60. The first kappa shape index (κ1) is 27.9. The summed E-state index contributed by atoms with van der Waals surface area (Å²) < 4.78 is 19.1. The van der Waals surface area contributed by atoms with Crippen molar-refractivity contribution in [2.24, 2.45) is 0 Å². The Balaban J connectivity index is 2.39. The Kier molecular flexibility index (Phi) is 10.0. The lowest BCUT2D eigenvalue weighted by Gasteiger charge is -2.27. The van der Waals surface area contributed by atoms with Gasteiger partial charge in [0.1, 0.15) is 17.9 Å². The lowest BCUT2D eigenvalue weighted by molar-refractivity contribution is -0.384. The molecule has 0 aromatic heterocycles. The van der Waals surface area contributed by atoms with Crippen molar-refractivity contribution in [2.75, 3.05) is 6.61 Å². The lowest BCUT2D eigenvalue weighted by atomic mass is 9.88. The van der Waals surface area contributed by atoms with Crippen molar-refractivity contribution in [1.29, 1.82) is 0 Å². The maximum atomic E-state index is 14.2. The third-order valence-corrected chi connectivity index (χ3v) is 5.27. The van der Waals surface area contributed by atoms with Crippen LogP contribution in [0.3, 0.4) is 0 Å². The molecule has 11 nitrogen and oxygen atoms in total. The fourth-order valence-corrected chi connectivity index (χ4v) is 3.60. The Morgan fingerprint density at radius 2 is 1.72 bits per heavy atom. The molecule has 12 heteroatoms. The predicted molar refractivity (Wildman–Crippen MR) is 124 cm³/mol. The van der Waals surface area contributed by atoms with E-state index >= 15 is 0 Å². The van der Waals surface area contributed by atoms with Gasteiger partial charge < -0.3 is 20.5 Å². The molecule has 2 aromatic carbocycles. The van der Waals surface area contributed by atoms with E-state index in [1.165, 1.54) is 30.3 Å². The highest BCUT2D eigenvalue weighted by atomic mass is 19.1. The molecule has 0 bridgehead atoms. The van der Waals surface area contributed by atoms with Gasteiger partial charge in [-0.25, -0.2) is 9.18 Å². The number of rotatable bonds is 12. The van der Waals surface area contributed by atoms with Crippen molar-refractivity contribution < 1.29 is 38.3 Å². The number of hydrogen-bond donors (Lipinski definition) is 3. The lowest BCUT2D eigenvalue weighted by Crippen LogP contribution is -2.54. The van der Waals surface area contributed by atoms with Crippen molar-refractivity contribution in [3.05, 3.63) is 75.6 Å². The number of carboxylic acids is 1. The van der Waals surface area contributed by atoms with Gasteiger partial charge in [-0.1, -0.05) is 30.3 Å². The van der Waals surface area contributed by atoms with E-state index in [0.717, 1.165) is 19.1 Å². The van der Waals surface area contributed by atoms with Gasteiger partial charge in [-0.2, -0.15) is 0 Å². The number of hydrogen-bond acceptors (Lipinski definition) is 7. The molecule has 0 radical (unpaired) electrons. The second-order valence-corrected chi connectivity index (χ2v) is 7.84. The molecule has 0 saturated carbocycles. The van der Waals surface area contributed by atoms with E-state index in [2.05, 4.69) is 10.6 Å². The molecule has 2 amide bonds. The summed E-state index contributed by atoms with van der Waals surface area (Å²) in [6.45, 7) is 2.75. The zero-order valence-corrected chi connectivity index (χ0v) is 19.6. The molecule has 2 aromatic rings. The Morgan fingerprint density at radius 3 is 2.25 bits per heavy atom. The van der Waals surface area contributed by atoms with Gasteiger partial charge in [0, 0.05) is 31.4 Å². The van der Waals surface area contributed by atoms with E-state index in [0.29, 0.717) is 0 Å². The summed E-state index contributed by atoms with van der Waals surface area (Å²) >= 11 is 0. The number of nitro benzene ring substituents is 1. The average molecular weight is 503 g/mol. The minimum atomic E-state index is -1.68. The second-order valence-electron chi connectivity index (χ2n) is 7.84. The van der Waals surface area contributed by atoms with Gasteiger partial charge in [0.05, 0.1) is 18.0 Å². The van der Waals surface area contributed by atoms with Crippen LogP contribution in [0.25, 0.3) is 0 Å². The predicted octanol–water partition coefficient (Wildman–Crippen LogP) is 2.09. The summed E-state index contributed by atoms with van der Waals surface area (Å²) in [5.41, 5.74) is 0.100. The minimum absolute atomic E-state index is 0.0309. The zero-order chi connectivity index (χ0) is 26.8. The first-order valence-corrected chi connectivity index (χ1v) is 11.0. The molecule has 0 unspecified atom stereocenters. The van der Waals surface area contributed by atoms with Crippen molar-refractivity contribution in [2.45, 2.75) is 44.7 Å². The van der Waals surface area contributed by atoms with Crippen LogP contribution in [-0.4, -0.2) is 52.5 Å². The number of nitro groups is 1. The third-order valence-electron chi connectivity index (χ3n) is 5.27. The number of ether oxygens (including phenoxy) is 1. The molecule has 0 fully saturated rings. The minimum Gasteiger partial charge on any atom is -0.480 e. The van der Waals surface area contributed by atoms with Crippen LogP contribution in [0.4, 0.5) is 10.1 Å². The normalized spacial score (nSPS) is 13.1. The molecule has 3 N–H and O–H groups in total. The Labute approximate surface area is 205 Å². The number of carbonyl (C=O) groups is 4. The SMILES string of the molecule is CCOC(=O)C[C@H](c1ccc([N+](=O)[O-])cc1)[C@@H](NC(=O)[C@H](Cc1ccccc1F)NC(C)=O)C(=O)O. The van der Waals surface area contributed by atoms with Gasteiger partial charge >= 0.3 is 11.9 Å². The molecule has 0 spiro atoms. The number of aliphatic carboxylic acids is 1. The quantitative estimate of drug-likeness (QED) is 0.225. The van der Waals surface area contributed by atoms with E-state index in [4.69, 9.17) is 4.74 Å². The van der Waals surface area contributed by atoms with Crippen LogP contribution in [0.15, 0.2) is 48.5 Å². The number of carbonyl (C=O) groups excluding carboxylic acids is 3. The first-order chi connectivity index (χ1) is 17.0. The second kappa shape index (κ2) is 12.9. The van der Waals surface area contributed by atoms with Gasteiger partial charge in [-0.05, 0) is 24.1 Å². The Hall–Kier alpha value is -4.35. The van der Waals surface area contributed by atoms with Gasteiger partial charge in [0.15, 0.2) is 0 Å². The number of benzene rings is 2.